The number of carbonyl (C=O) groups excluding carboxylic acids is 2. The first kappa shape index (κ1) is 28.7. The Morgan fingerprint density at radius 1 is 0.919 bits per heavy atom. The van der Waals surface area contributed by atoms with E-state index < -0.39 is 28.5 Å². The van der Waals surface area contributed by atoms with Gasteiger partial charge in [-0.2, -0.15) is 0 Å². The molecule has 7 nitrogen and oxygen atoms in total. The van der Waals surface area contributed by atoms with E-state index in [0.29, 0.717) is 5.02 Å². The number of anilines is 1. The summed E-state index contributed by atoms with van der Waals surface area (Å²) >= 11 is 9.43. The summed E-state index contributed by atoms with van der Waals surface area (Å²) in [7, 11) is -4.10. The molecule has 0 aliphatic heterocycles. The molecule has 37 heavy (non-hydrogen) atoms. The van der Waals surface area contributed by atoms with E-state index in [0.717, 1.165) is 14.3 Å². The van der Waals surface area contributed by atoms with E-state index in [1.165, 1.54) is 17.0 Å². The fraction of sp³-hybridized carbons (Fsp3) is 0.259. The Labute approximate surface area is 231 Å². The molecule has 3 rings (SSSR count). The Balaban J connectivity index is 2.00. The standard InChI is InChI=1S/C27H29BrClN3O4S/c1-19(2)30-27(34)20(3)31(17-21-9-11-22(28)12-10-21)26(33)18-32(24-15-13-23(29)14-16-24)37(35,36)25-7-5-4-6-8-25/h4-16,19-20H,17-18H2,1-3H3,(H,30,34)/t20-/m0/s1. The molecule has 0 saturated heterocycles. The number of halogens is 2. The largest absolute Gasteiger partial charge is 0.352 e. The van der Waals surface area contributed by atoms with Gasteiger partial charge in [0, 0.05) is 22.1 Å². The zero-order chi connectivity index (χ0) is 27.2. The smallest absolute Gasteiger partial charge is 0.264 e. The molecule has 0 bridgehead atoms. The van der Waals surface area contributed by atoms with Gasteiger partial charge < -0.3 is 10.2 Å². The van der Waals surface area contributed by atoms with Crippen LogP contribution in [0, 0.1) is 0 Å². The number of nitrogens with one attached hydrogen (secondary N) is 1. The molecule has 0 fully saturated rings. The molecule has 196 valence electrons. The third kappa shape index (κ3) is 7.56. The maximum absolute atomic E-state index is 13.8. The normalized spacial score (nSPS) is 12.2. The third-order valence-corrected chi connectivity index (χ3v) is 8.16. The van der Waals surface area contributed by atoms with Gasteiger partial charge in [-0.3, -0.25) is 13.9 Å². The summed E-state index contributed by atoms with van der Waals surface area (Å²) in [6, 6.07) is 20.5. The van der Waals surface area contributed by atoms with Crippen LogP contribution in [-0.2, 0) is 26.2 Å². The number of benzene rings is 3. The van der Waals surface area contributed by atoms with Crippen molar-refractivity contribution in [1.29, 1.82) is 0 Å². The Hall–Kier alpha value is -2.88. The van der Waals surface area contributed by atoms with Crippen molar-refractivity contribution in [3.05, 3.63) is 93.9 Å². The monoisotopic (exact) mass is 605 g/mol. The highest BCUT2D eigenvalue weighted by molar-refractivity contribution is 9.10. The van der Waals surface area contributed by atoms with Gasteiger partial charge in [0.05, 0.1) is 10.6 Å². The highest BCUT2D eigenvalue weighted by atomic mass is 79.9. The molecule has 2 amide bonds. The number of nitrogens with zero attached hydrogens (tertiary/aromatic N) is 2. The Morgan fingerprint density at radius 2 is 1.51 bits per heavy atom. The van der Waals surface area contributed by atoms with E-state index >= 15 is 0 Å². The molecule has 10 heteroatoms. The maximum Gasteiger partial charge on any atom is 0.264 e. The summed E-state index contributed by atoms with van der Waals surface area (Å²) in [6.07, 6.45) is 0. The lowest BCUT2D eigenvalue weighted by molar-refractivity contribution is -0.139. The second kappa shape index (κ2) is 12.6. The predicted octanol–water partition coefficient (Wildman–Crippen LogP) is 5.24. The van der Waals surface area contributed by atoms with Crippen LogP contribution in [0.25, 0.3) is 0 Å². The number of hydrogen-bond acceptors (Lipinski definition) is 4. The fourth-order valence-corrected chi connectivity index (χ4v) is 5.46. The first-order valence-electron chi connectivity index (χ1n) is 11.7. The van der Waals surface area contributed by atoms with Crippen molar-refractivity contribution in [3.8, 4) is 0 Å². The molecule has 1 atom stereocenters. The minimum atomic E-state index is -4.10. The second-order valence-electron chi connectivity index (χ2n) is 8.79. The van der Waals surface area contributed by atoms with Gasteiger partial charge in [0.25, 0.3) is 10.0 Å². The first-order chi connectivity index (χ1) is 17.5. The minimum absolute atomic E-state index is 0.0443. The van der Waals surface area contributed by atoms with Gasteiger partial charge in [-0.1, -0.05) is 57.9 Å². The van der Waals surface area contributed by atoms with E-state index in [1.54, 1.807) is 49.4 Å². The molecule has 0 heterocycles. The molecule has 0 spiro atoms. The first-order valence-corrected chi connectivity index (χ1v) is 14.3. The highest BCUT2D eigenvalue weighted by Crippen LogP contribution is 2.26. The molecule has 0 unspecified atom stereocenters. The van der Waals surface area contributed by atoms with Gasteiger partial charge in [-0.05, 0) is 74.9 Å². The minimum Gasteiger partial charge on any atom is -0.352 e. The molecule has 3 aromatic carbocycles. The van der Waals surface area contributed by atoms with Crippen LogP contribution in [0.3, 0.4) is 0 Å². The van der Waals surface area contributed by atoms with Crippen molar-refractivity contribution in [2.75, 3.05) is 10.8 Å². The third-order valence-electron chi connectivity index (χ3n) is 5.59. The van der Waals surface area contributed by atoms with Crippen molar-refractivity contribution in [1.82, 2.24) is 10.2 Å². The fourth-order valence-electron chi connectivity index (χ4n) is 3.63. The van der Waals surface area contributed by atoms with Crippen LogP contribution in [0.2, 0.25) is 5.02 Å². The Bertz CT molecular complexity index is 1320. The van der Waals surface area contributed by atoms with Crippen LogP contribution >= 0.6 is 27.5 Å². The van der Waals surface area contributed by atoms with E-state index in [1.807, 2.05) is 38.1 Å². The van der Waals surface area contributed by atoms with Gasteiger partial charge >= 0.3 is 0 Å². The van der Waals surface area contributed by atoms with Crippen molar-refractivity contribution >= 4 is 55.1 Å². The molecular weight excluding hydrogens is 578 g/mol. The molecule has 3 aromatic rings. The number of rotatable bonds is 10. The lowest BCUT2D eigenvalue weighted by Crippen LogP contribution is -2.52. The van der Waals surface area contributed by atoms with Crippen molar-refractivity contribution in [3.63, 3.8) is 0 Å². The molecule has 1 N–H and O–H groups in total. The molecule has 0 saturated carbocycles. The number of hydrogen-bond donors (Lipinski definition) is 1. The number of amides is 2. The van der Waals surface area contributed by atoms with E-state index in [-0.39, 0.29) is 29.1 Å². The summed E-state index contributed by atoms with van der Waals surface area (Å²) in [5.74, 6) is -0.854. The van der Waals surface area contributed by atoms with Crippen LogP contribution in [0.1, 0.15) is 26.3 Å². The summed E-state index contributed by atoms with van der Waals surface area (Å²) in [5, 5.41) is 3.27. The maximum atomic E-state index is 13.8. The van der Waals surface area contributed by atoms with Crippen molar-refractivity contribution in [2.24, 2.45) is 0 Å². The Kier molecular flexibility index (Phi) is 9.75. The Morgan fingerprint density at radius 3 is 2.08 bits per heavy atom. The van der Waals surface area contributed by atoms with Gasteiger partial charge in [0.2, 0.25) is 11.8 Å². The summed E-state index contributed by atoms with van der Waals surface area (Å²) < 4.78 is 29.2. The molecule has 0 aromatic heterocycles. The lowest BCUT2D eigenvalue weighted by atomic mass is 10.1. The second-order valence-corrected chi connectivity index (χ2v) is 12.0. The average Bonchev–Trinajstić information content (AvgIpc) is 2.87. The topological polar surface area (TPSA) is 86.8 Å². The zero-order valence-corrected chi connectivity index (χ0v) is 23.9. The van der Waals surface area contributed by atoms with E-state index in [9.17, 15) is 18.0 Å². The van der Waals surface area contributed by atoms with E-state index in [4.69, 9.17) is 11.6 Å². The van der Waals surface area contributed by atoms with Crippen LogP contribution in [0.4, 0.5) is 5.69 Å². The molecule has 0 aliphatic carbocycles. The average molecular weight is 607 g/mol. The van der Waals surface area contributed by atoms with Gasteiger partial charge in [-0.15, -0.1) is 0 Å². The summed E-state index contributed by atoms with van der Waals surface area (Å²) in [6.45, 7) is 4.92. The van der Waals surface area contributed by atoms with Crippen molar-refractivity contribution in [2.45, 2.75) is 44.3 Å². The lowest BCUT2D eigenvalue weighted by Gasteiger charge is -2.32. The van der Waals surface area contributed by atoms with Gasteiger partial charge in [0.15, 0.2) is 0 Å². The number of sulfonamides is 1. The summed E-state index contributed by atoms with van der Waals surface area (Å²) in [5.41, 5.74) is 1.08. The van der Waals surface area contributed by atoms with Crippen molar-refractivity contribution < 1.29 is 18.0 Å². The summed E-state index contributed by atoms with van der Waals surface area (Å²) in [4.78, 5) is 28.1. The zero-order valence-electron chi connectivity index (χ0n) is 20.8. The van der Waals surface area contributed by atoms with Gasteiger partial charge in [-0.25, -0.2) is 8.42 Å². The van der Waals surface area contributed by atoms with Gasteiger partial charge in [0.1, 0.15) is 12.6 Å². The molecule has 0 radical (unpaired) electrons. The predicted molar refractivity (Wildman–Crippen MR) is 150 cm³/mol. The van der Waals surface area contributed by atoms with Crippen LogP contribution in [0.15, 0.2) is 88.2 Å². The molecular formula is C27H29BrClN3O4S. The van der Waals surface area contributed by atoms with E-state index in [2.05, 4.69) is 21.2 Å². The SMILES string of the molecule is CC(C)NC(=O)[C@H](C)N(Cc1ccc(Br)cc1)C(=O)CN(c1ccc(Cl)cc1)S(=O)(=O)c1ccccc1. The highest BCUT2D eigenvalue weighted by Gasteiger charge is 2.32. The van der Waals surface area contributed by atoms with Crippen LogP contribution in [-0.4, -0.2) is 43.8 Å². The number of carbonyl (C=O) groups is 2. The van der Waals surface area contributed by atoms with Crippen LogP contribution < -0.4 is 9.62 Å². The molecule has 0 aliphatic rings. The van der Waals surface area contributed by atoms with Crippen LogP contribution in [0.5, 0.6) is 0 Å². The quantitative estimate of drug-likeness (QED) is 0.342.